The largest absolute Gasteiger partial charge is 0.573 e. The fraction of sp³-hybridized carbons (Fsp3) is 0.750. The summed E-state index contributed by atoms with van der Waals surface area (Å²) in [5, 5.41) is 10.9. The Balaban J connectivity index is 1.23. The molecular formula is C24H35F3N5O2+. The number of nitrogens with two attached hydrogens (primary N) is 2. The van der Waals surface area contributed by atoms with Crippen LogP contribution in [0.5, 0.6) is 5.75 Å². The molecular weight excluding hydrogens is 447 g/mol. The Bertz CT molecular complexity index is 914. The average Bonchev–Trinajstić information content (AvgIpc) is 3.06. The van der Waals surface area contributed by atoms with E-state index in [1.807, 2.05) is 0 Å². The maximum Gasteiger partial charge on any atom is 0.573 e. The highest BCUT2D eigenvalue weighted by molar-refractivity contribution is 5.98. The number of alkyl halides is 3. The standard InChI is InChI=1S/C24H34F3N5O2/c1-12(2)31-20(9-19(28)13-5-21(23(29)30-10-13)34-24(25,26)27)22-17-7-14(8-18(17)22)32-4-3-16-6-15(32)11-33-16/h5,10,12,14-18,20,22,28,31H,3-4,6-9,11H2,1-2H3,(H2,29,30)/p+1. The predicted octanol–water partition coefficient (Wildman–Crippen LogP) is 2.55. The Hall–Kier alpha value is -1.91. The molecule has 5 N–H and O–H groups in total. The van der Waals surface area contributed by atoms with Crippen LogP contribution in [0.2, 0.25) is 0 Å². The lowest BCUT2D eigenvalue weighted by Crippen LogP contribution is -2.94. The summed E-state index contributed by atoms with van der Waals surface area (Å²) in [6, 6.07) is 3.01. The molecule has 5 rings (SSSR count). The molecule has 2 aliphatic heterocycles. The van der Waals surface area contributed by atoms with E-state index < -0.39 is 12.1 Å². The predicted molar refractivity (Wildman–Crippen MR) is 121 cm³/mol. The number of ether oxygens (including phenoxy) is 2. The molecule has 1 aromatic rings. The summed E-state index contributed by atoms with van der Waals surface area (Å²) >= 11 is 0. The SMILES string of the molecule is CC(C)[NH2+]C(CC(=N)c1cnc(N)c(OC(F)(F)F)c1)C1C2CC(N3CCC4CC3CO4)CC21. The number of likely N-dealkylation sites (tertiary alicyclic amines) is 1. The van der Waals surface area contributed by atoms with Gasteiger partial charge in [0.15, 0.2) is 11.6 Å². The van der Waals surface area contributed by atoms with Gasteiger partial charge in [-0.15, -0.1) is 13.2 Å². The van der Waals surface area contributed by atoms with Crippen molar-refractivity contribution in [1.82, 2.24) is 9.88 Å². The van der Waals surface area contributed by atoms with Crippen molar-refractivity contribution in [2.75, 3.05) is 18.9 Å². The van der Waals surface area contributed by atoms with Crippen LogP contribution in [-0.2, 0) is 4.74 Å². The van der Waals surface area contributed by atoms with Gasteiger partial charge in [0.05, 0.1) is 24.8 Å². The molecule has 5 atom stereocenters. The summed E-state index contributed by atoms with van der Waals surface area (Å²) < 4.78 is 48.0. The van der Waals surface area contributed by atoms with Gasteiger partial charge in [-0.2, -0.15) is 0 Å². The molecule has 2 saturated heterocycles. The molecule has 10 heteroatoms. The monoisotopic (exact) mass is 482 g/mol. The van der Waals surface area contributed by atoms with E-state index in [9.17, 15) is 13.2 Å². The van der Waals surface area contributed by atoms with Crippen molar-refractivity contribution >= 4 is 11.5 Å². The normalized spacial score (nSPS) is 33.7. The summed E-state index contributed by atoms with van der Waals surface area (Å²) in [6.45, 7) is 6.29. The van der Waals surface area contributed by atoms with Crippen LogP contribution < -0.4 is 15.8 Å². The molecule has 2 aliphatic carbocycles. The molecule has 34 heavy (non-hydrogen) atoms. The lowest BCUT2D eigenvalue weighted by atomic mass is 9.92. The van der Waals surface area contributed by atoms with Crippen molar-refractivity contribution in [2.24, 2.45) is 17.8 Å². The highest BCUT2D eigenvalue weighted by Crippen LogP contribution is 2.60. The Morgan fingerprint density at radius 3 is 2.71 bits per heavy atom. The molecule has 4 aliphatic rings. The number of hydrogen-bond donors (Lipinski definition) is 3. The average molecular weight is 483 g/mol. The number of fused-ring (bicyclic) bond motifs is 3. The summed E-state index contributed by atoms with van der Waals surface area (Å²) in [6.07, 6.45) is 2.19. The number of nitrogens with one attached hydrogen (secondary N) is 1. The third kappa shape index (κ3) is 4.90. The van der Waals surface area contributed by atoms with E-state index in [2.05, 4.69) is 33.8 Å². The second kappa shape index (κ2) is 8.95. The van der Waals surface area contributed by atoms with E-state index in [0.29, 0.717) is 54.0 Å². The van der Waals surface area contributed by atoms with E-state index >= 15 is 0 Å². The van der Waals surface area contributed by atoms with Crippen LogP contribution in [0.4, 0.5) is 19.0 Å². The zero-order chi connectivity index (χ0) is 24.2. The molecule has 0 radical (unpaired) electrons. The summed E-state index contributed by atoms with van der Waals surface area (Å²) in [7, 11) is 0. The number of anilines is 1. The number of pyridine rings is 1. The number of aromatic nitrogens is 1. The molecule has 0 spiro atoms. The van der Waals surface area contributed by atoms with Gasteiger partial charge in [-0.05, 0) is 57.4 Å². The molecule has 0 amide bonds. The molecule has 7 nitrogen and oxygen atoms in total. The number of piperidine rings is 1. The first-order chi connectivity index (χ1) is 16.1. The van der Waals surface area contributed by atoms with Gasteiger partial charge in [-0.3, -0.25) is 4.90 Å². The minimum Gasteiger partial charge on any atom is -0.402 e. The number of halogens is 3. The van der Waals surface area contributed by atoms with E-state index in [0.717, 1.165) is 19.6 Å². The van der Waals surface area contributed by atoms with E-state index in [1.165, 1.54) is 31.5 Å². The molecule has 188 valence electrons. The van der Waals surface area contributed by atoms with Crippen LogP contribution in [0.1, 0.15) is 51.5 Å². The Morgan fingerprint density at radius 2 is 2.03 bits per heavy atom. The Morgan fingerprint density at radius 1 is 1.29 bits per heavy atom. The van der Waals surface area contributed by atoms with Gasteiger partial charge >= 0.3 is 6.36 Å². The minimum absolute atomic E-state index is 0.230. The van der Waals surface area contributed by atoms with Crippen LogP contribution in [-0.4, -0.2) is 65.4 Å². The topological polar surface area (TPSA) is 101 Å². The Kier molecular flexibility index (Phi) is 6.27. The third-order valence-corrected chi connectivity index (χ3v) is 8.22. The number of hydrogen-bond acceptors (Lipinski definition) is 6. The first-order valence-corrected chi connectivity index (χ1v) is 12.4. The molecule has 5 unspecified atom stereocenters. The maximum atomic E-state index is 12.7. The zero-order valence-electron chi connectivity index (χ0n) is 19.7. The lowest BCUT2D eigenvalue weighted by Gasteiger charge is -2.37. The number of nitrogens with zero attached hydrogens (tertiary/aromatic N) is 2. The minimum atomic E-state index is -4.85. The van der Waals surface area contributed by atoms with Crippen molar-refractivity contribution < 1.29 is 28.0 Å². The van der Waals surface area contributed by atoms with E-state index in [1.54, 1.807) is 0 Å². The van der Waals surface area contributed by atoms with Gasteiger partial charge in [-0.1, -0.05) is 0 Å². The van der Waals surface area contributed by atoms with Crippen LogP contribution in [0, 0.1) is 23.2 Å². The summed E-state index contributed by atoms with van der Waals surface area (Å²) in [5.74, 6) is 1.01. The molecule has 0 aromatic carbocycles. The van der Waals surface area contributed by atoms with Crippen LogP contribution in [0.25, 0.3) is 0 Å². The van der Waals surface area contributed by atoms with Crippen molar-refractivity contribution in [2.45, 2.75) is 82.6 Å². The highest BCUT2D eigenvalue weighted by Gasteiger charge is 2.61. The number of nitrogen functional groups attached to an aromatic ring is 1. The van der Waals surface area contributed by atoms with Crippen molar-refractivity contribution in [3.05, 3.63) is 17.8 Å². The molecule has 1 aromatic heterocycles. The summed E-state index contributed by atoms with van der Waals surface area (Å²) in [4.78, 5) is 6.53. The third-order valence-electron chi connectivity index (χ3n) is 8.22. The first-order valence-electron chi connectivity index (χ1n) is 12.4. The number of rotatable bonds is 8. The van der Waals surface area contributed by atoms with Gasteiger partial charge in [-0.25, -0.2) is 4.98 Å². The second-order valence-corrected chi connectivity index (χ2v) is 10.8. The van der Waals surface area contributed by atoms with Crippen molar-refractivity contribution in [3.8, 4) is 5.75 Å². The molecule has 2 saturated carbocycles. The van der Waals surface area contributed by atoms with Crippen LogP contribution in [0.15, 0.2) is 12.3 Å². The van der Waals surface area contributed by atoms with Gasteiger partial charge in [0.1, 0.15) is 0 Å². The fourth-order valence-electron chi connectivity index (χ4n) is 6.85. The molecule has 4 fully saturated rings. The van der Waals surface area contributed by atoms with Gasteiger partial charge < -0.3 is 25.9 Å². The smallest absolute Gasteiger partial charge is 0.402 e. The molecule has 2 bridgehead atoms. The van der Waals surface area contributed by atoms with E-state index in [-0.39, 0.29) is 17.6 Å². The maximum absolute atomic E-state index is 12.7. The Labute approximate surface area is 198 Å². The zero-order valence-corrected chi connectivity index (χ0v) is 19.7. The lowest BCUT2D eigenvalue weighted by molar-refractivity contribution is -0.718. The quantitative estimate of drug-likeness (QED) is 0.495. The van der Waals surface area contributed by atoms with Gasteiger partial charge in [0, 0.05) is 48.4 Å². The highest BCUT2D eigenvalue weighted by atomic mass is 19.4. The van der Waals surface area contributed by atoms with Crippen molar-refractivity contribution in [3.63, 3.8) is 0 Å². The summed E-state index contributed by atoms with van der Waals surface area (Å²) in [5.41, 5.74) is 6.15. The van der Waals surface area contributed by atoms with Crippen LogP contribution in [0.3, 0.4) is 0 Å². The van der Waals surface area contributed by atoms with Gasteiger partial charge in [0.25, 0.3) is 0 Å². The first kappa shape index (κ1) is 23.8. The fourth-order valence-corrected chi connectivity index (χ4v) is 6.85. The van der Waals surface area contributed by atoms with Crippen molar-refractivity contribution in [1.29, 1.82) is 5.41 Å². The molecule has 3 heterocycles. The second-order valence-electron chi connectivity index (χ2n) is 10.8. The number of quaternary nitrogens is 1. The van der Waals surface area contributed by atoms with E-state index in [4.69, 9.17) is 15.9 Å². The van der Waals surface area contributed by atoms with Crippen LogP contribution >= 0.6 is 0 Å². The van der Waals surface area contributed by atoms with Gasteiger partial charge in [0.2, 0.25) is 0 Å².